The van der Waals surface area contributed by atoms with Gasteiger partial charge in [-0.15, -0.1) is 0 Å². The normalized spacial score (nSPS) is 16.4. The molecular weight excluding hydrogens is 516 g/mol. The number of rotatable bonds is 12. The Morgan fingerprint density at radius 1 is 1.10 bits per heavy atom. The molecule has 1 aromatic heterocycles. The van der Waals surface area contributed by atoms with E-state index in [1.54, 1.807) is 30.3 Å². The first-order valence-corrected chi connectivity index (χ1v) is 13.0. The minimum atomic E-state index is -1.12. The second-order valence-corrected chi connectivity index (χ2v) is 9.37. The van der Waals surface area contributed by atoms with E-state index in [4.69, 9.17) is 4.74 Å². The Kier molecular flexibility index (Phi) is 9.47. The van der Waals surface area contributed by atoms with Crippen LogP contribution < -0.4 is 16.0 Å². The van der Waals surface area contributed by atoms with E-state index in [0.717, 1.165) is 18.5 Å². The number of carbonyl (C=O) groups excluding carboxylic acids is 1. The van der Waals surface area contributed by atoms with Gasteiger partial charge in [0, 0.05) is 37.2 Å². The van der Waals surface area contributed by atoms with Gasteiger partial charge >= 0.3 is 12.1 Å². The quantitative estimate of drug-likeness (QED) is 0.148. The number of nitrogens with one attached hydrogen (secondary N) is 3. The van der Waals surface area contributed by atoms with Crippen LogP contribution in [-0.4, -0.2) is 70.7 Å². The van der Waals surface area contributed by atoms with Gasteiger partial charge in [-0.25, -0.2) is 14.6 Å². The van der Waals surface area contributed by atoms with Crippen LogP contribution in [0.4, 0.5) is 22.0 Å². The van der Waals surface area contributed by atoms with Gasteiger partial charge in [0.2, 0.25) is 0 Å². The Balaban J connectivity index is 1.49. The summed E-state index contributed by atoms with van der Waals surface area (Å²) >= 11 is 0. The number of nitrogens with zero attached hydrogens (tertiary/aromatic N) is 3. The fourth-order valence-electron chi connectivity index (χ4n) is 4.62. The fraction of sp³-hybridized carbons (Fsp3) is 0.321. The lowest BCUT2D eigenvalue weighted by atomic mass is 10.1. The van der Waals surface area contributed by atoms with Crippen LogP contribution in [0.1, 0.15) is 18.4 Å². The van der Waals surface area contributed by atoms with E-state index in [2.05, 4.69) is 20.9 Å². The number of ether oxygens (including phenoxy) is 1. The van der Waals surface area contributed by atoms with E-state index in [0.29, 0.717) is 29.3 Å². The molecule has 12 heteroatoms. The summed E-state index contributed by atoms with van der Waals surface area (Å²) < 4.78 is 5.37. The molecule has 40 heavy (non-hydrogen) atoms. The van der Waals surface area contributed by atoms with Crippen molar-refractivity contribution in [3.8, 4) is 11.3 Å². The monoisotopic (exact) mass is 548 g/mol. The highest BCUT2D eigenvalue weighted by Gasteiger charge is 2.40. The molecule has 0 spiro atoms. The number of nitro benzene ring substituents is 1. The number of aromatic nitrogens is 1. The van der Waals surface area contributed by atoms with E-state index in [9.17, 15) is 24.8 Å². The number of para-hydroxylation sites is 1. The van der Waals surface area contributed by atoms with E-state index < -0.39 is 29.1 Å². The third kappa shape index (κ3) is 7.03. The van der Waals surface area contributed by atoms with Crippen molar-refractivity contribution in [3.63, 3.8) is 0 Å². The summed E-state index contributed by atoms with van der Waals surface area (Å²) in [5.74, 6) is -0.660. The third-order valence-corrected chi connectivity index (χ3v) is 6.55. The number of benzene rings is 2. The maximum absolute atomic E-state index is 12.8. The number of anilines is 2. The number of amides is 1. The Hall–Kier alpha value is -4.71. The van der Waals surface area contributed by atoms with Crippen molar-refractivity contribution in [1.82, 2.24) is 15.2 Å². The standard InChI is InChI=1S/C28H32N6O6/c1-29-14-7-15-30-26-21(10-5-12-23(26)34(38)39)22-11-6-13-25(32-22)31-20-16-24(27(35)36)33(17-20)28(37)40-18-19-8-3-2-4-9-19/h2-6,8-13,20,24,29-30H,7,14-18H2,1H3,(H,31,32)(H,35,36)/t20-,24-/m0/s1. The van der Waals surface area contributed by atoms with Crippen molar-refractivity contribution in [3.05, 3.63) is 82.4 Å². The maximum atomic E-state index is 12.8. The largest absolute Gasteiger partial charge is 0.480 e. The van der Waals surface area contributed by atoms with Gasteiger partial charge in [-0.1, -0.05) is 48.5 Å². The first kappa shape index (κ1) is 28.3. The molecule has 3 aromatic rings. The van der Waals surface area contributed by atoms with Gasteiger partial charge in [0.05, 0.1) is 10.6 Å². The molecule has 4 rings (SSSR count). The second-order valence-electron chi connectivity index (χ2n) is 9.37. The van der Waals surface area contributed by atoms with Crippen LogP contribution in [0, 0.1) is 10.1 Å². The number of carbonyl (C=O) groups is 2. The minimum absolute atomic E-state index is 0.0404. The molecule has 2 atom stereocenters. The summed E-state index contributed by atoms with van der Waals surface area (Å²) in [4.78, 5) is 41.8. The Morgan fingerprint density at radius 2 is 1.88 bits per heavy atom. The van der Waals surface area contributed by atoms with Crippen molar-refractivity contribution < 1.29 is 24.4 Å². The fourth-order valence-corrected chi connectivity index (χ4v) is 4.62. The summed E-state index contributed by atoms with van der Waals surface area (Å²) in [5.41, 5.74) is 2.22. The number of pyridine rings is 1. The molecule has 1 saturated heterocycles. The summed E-state index contributed by atoms with van der Waals surface area (Å²) in [6.07, 6.45) is 0.234. The summed E-state index contributed by atoms with van der Waals surface area (Å²) in [5, 5.41) is 30.9. The van der Waals surface area contributed by atoms with Crippen LogP contribution in [0.5, 0.6) is 0 Å². The smallest absolute Gasteiger partial charge is 0.410 e. The number of carboxylic acids is 1. The molecule has 2 heterocycles. The van der Waals surface area contributed by atoms with E-state index in [1.807, 2.05) is 37.4 Å². The molecule has 1 fully saturated rings. The first-order chi connectivity index (χ1) is 19.4. The molecule has 12 nitrogen and oxygen atoms in total. The lowest BCUT2D eigenvalue weighted by Gasteiger charge is -2.21. The van der Waals surface area contributed by atoms with Gasteiger partial charge in [-0.05, 0) is 37.7 Å². The van der Waals surface area contributed by atoms with Crippen molar-refractivity contribution in [1.29, 1.82) is 0 Å². The molecule has 0 unspecified atom stereocenters. The van der Waals surface area contributed by atoms with Crippen LogP contribution in [0.2, 0.25) is 0 Å². The molecule has 210 valence electrons. The molecule has 0 bridgehead atoms. The highest BCUT2D eigenvalue weighted by atomic mass is 16.6. The van der Waals surface area contributed by atoms with Crippen molar-refractivity contribution in [2.24, 2.45) is 0 Å². The van der Waals surface area contributed by atoms with Crippen molar-refractivity contribution >= 4 is 29.3 Å². The van der Waals surface area contributed by atoms with Gasteiger partial charge in [0.1, 0.15) is 24.2 Å². The highest BCUT2D eigenvalue weighted by Crippen LogP contribution is 2.35. The molecular formula is C28H32N6O6. The summed E-state index contributed by atoms with van der Waals surface area (Å²) in [6.45, 7) is 1.45. The van der Waals surface area contributed by atoms with Crippen LogP contribution in [0.15, 0.2) is 66.7 Å². The maximum Gasteiger partial charge on any atom is 0.410 e. The Labute approximate surface area is 231 Å². The number of aliphatic carboxylic acids is 1. The third-order valence-electron chi connectivity index (χ3n) is 6.55. The zero-order valence-corrected chi connectivity index (χ0v) is 22.1. The highest BCUT2D eigenvalue weighted by molar-refractivity contribution is 5.83. The molecule has 1 aliphatic rings. The van der Waals surface area contributed by atoms with Crippen molar-refractivity contribution in [2.75, 3.05) is 37.3 Å². The number of hydrogen-bond acceptors (Lipinski definition) is 9. The lowest BCUT2D eigenvalue weighted by Crippen LogP contribution is -2.41. The average Bonchev–Trinajstić information content (AvgIpc) is 3.39. The van der Waals surface area contributed by atoms with Crippen LogP contribution in [-0.2, 0) is 16.1 Å². The predicted octanol–water partition coefficient (Wildman–Crippen LogP) is 3.95. The van der Waals surface area contributed by atoms with Gasteiger partial charge in [0.25, 0.3) is 5.69 Å². The molecule has 0 saturated carbocycles. The van der Waals surface area contributed by atoms with Gasteiger partial charge in [-0.3, -0.25) is 15.0 Å². The Morgan fingerprint density at radius 3 is 2.60 bits per heavy atom. The van der Waals surface area contributed by atoms with E-state index in [1.165, 1.54) is 11.0 Å². The molecule has 4 N–H and O–H groups in total. The Bertz CT molecular complexity index is 1340. The summed E-state index contributed by atoms with van der Waals surface area (Å²) in [7, 11) is 1.84. The van der Waals surface area contributed by atoms with Gasteiger partial charge < -0.3 is 25.8 Å². The SMILES string of the molecule is CNCCCNc1c(-c2cccc(N[C@H]3C[C@@H](C(=O)O)N(C(=O)OCc4ccccc4)C3)n2)cccc1[N+](=O)[O-]. The van der Waals surface area contributed by atoms with Gasteiger partial charge in [-0.2, -0.15) is 0 Å². The van der Waals surface area contributed by atoms with Crippen LogP contribution >= 0.6 is 0 Å². The molecule has 0 aliphatic carbocycles. The van der Waals surface area contributed by atoms with Gasteiger partial charge in [0.15, 0.2) is 0 Å². The molecule has 2 aromatic carbocycles. The summed E-state index contributed by atoms with van der Waals surface area (Å²) in [6, 6.07) is 17.8. The number of nitro groups is 1. The molecule has 1 aliphatic heterocycles. The van der Waals surface area contributed by atoms with E-state index >= 15 is 0 Å². The second kappa shape index (κ2) is 13.4. The van der Waals surface area contributed by atoms with Crippen molar-refractivity contribution in [2.45, 2.75) is 31.5 Å². The number of hydrogen-bond donors (Lipinski definition) is 4. The zero-order chi connectivity index (χ0) is 28.5. The lowest BCUT2D eigenvalue weighted by molar-refractivity contribution is -0.383. The number of carboxylic acid groups (broad SMARTS) is 1. The molecule has 0 radical (unpaired) electrons. The van der Waals surface area contributed by atoms with E-state index in [-0.39, 0.29) is 25.3 Å². The minimum Gasteiger partial charge on any atom is -0.480 e. The average molecular weight is 549 g/mol. The zero-order valence-electron chi connectivity index (χ0n) is 22.1. The predicted molar refractivity (Wildman–Crippen MR) is 150 cm³/mol. The molecule has 1 amide bonds. The van der Waals surface area contributed by atoms with Crippen LogP contribution in [0.25, 0.3) is 11.3 Å². The van der Waals surface area contributed by atoms with Crippen LogP contribution in [0.3, 0.4) is 0 Å². The first-order valence-electron chi connectivity index (χ1n) is 13.0. The topological polar surface area (TPSA) is 159 Å². The number of likely N-dealkylation sites (tertiary alicyclic amines) is 1.